The molecule has 0 aliphatic carbocycles. The van der Waals surface area contributed by atoms with E-state index in [2.05, 4.69) is 36.9 Å². The molecule has 1 saturated heterocycles. The Balaban J connectivity index is 0.00000261. The summed E-state index contributed by atoms with van der Waals surface area (Å²) in [6, 6.07) is 14.4. The summed E-state index contributed by atoms with van der Waals surface area (Å²) < 4.78 is 6.04. The Morgan fingerprint density at radius 3 is 2.67 bits per heavy atom. The third-order valence-corrected chi connectivity index (χ3v) is 6.07. The van der Waals surface area contributed by atoms with Crippen LogP contribution in [0.1, 0.15) is 28.4 Å². The molecule has 27 heavy (non-hydrogen) atoms. The number of ether oxygens (including phenoxy) is 1. The van der Waals surface area contributed by atoms with E-state index in [1.165, 1.54) is 11.1 Å². The summed E-state index contributed by atoms with van der Waals surface area (Å²) in [6.07, 6.45) is 0.208. The zero-order valence-corrected chi connectivity index (χ0v) is 17.3. The van der Waals surface area contributed by atoms with Crippen LogP contribution in [0.4, 0.5) is 0 Å². The van der Waals surface area contributed by atoms with Crippen molar-refractivity contribution in [3.8, 4) is 11.5 Å². The van der Waals surface area contributed by atoms with E-state index in [9.17, 15) is 4.79 Å². The van der Waals surface area contributed by atoms with E-state index in [0.29, 0.717) is 11.8 Å². The average molecular weight is 408 g/mol. The average Bonchev–Trinajstić information content (AvgIpc) is 2.65. The molecule has 1 aliphatic heterocycles. The van der Waals surface area contributed by atoms with Gasteiger partial charge >= 0.3 is 5.97 Å². The van der Waals surface area contributed by atoms with Gasteiger partial charge in [0.25, 0.3) is 0 Å². The lowest BCUT2D eigenvalue weighted by Gasteiger charge is -2.32. The van der Waals surface area contributed by atoms with Gasteiger partial charge in [0.2, 0.25) is 0 Å². The predicted octanol–water partition coefficient (Wildman–Crippen LogP) is 5.08. The van der Waals surface area contributed by atoms with Gasteiger partial charge < -0.3 is 14.7 Å². The third-order valence-electron chi connectivity index (χ3n) is 4.83. The monoisotopic (exact) mass is 407 g/mol. The molecule has 0 spiro atoms. The van der Waals surface area contributed by atoms with Crippen LogP contribution in [0.5, 0.6) is 11.5 Å². The maximum atomic E-state index is 10.8. The molecule has 1 atom stereocenters. The maximum absolute atomic E-state index is 10.8. The highest BCUT2D eigenvalue weighted by atomic mass is 35.5. The number of carboxylic acid groups (broad SMARTS) is 1. The number of benzene rings is 2. The van der Waals surface area contributed by atoms with Gasteiger partial charge in [0.15, 0.2) is 0 Å². The number of halogens is 1. The fourth-order valence-electron chi connectivity index (χ4n) is 3.07. The minimum atomic E-state index is -0.729. The van der Waals surface area contributed by atoms with Gasteiger partial charge in [0, 0.05) is 30.6 Å². The van der Waals surface area contributed by atoms with Crippen LogP contribution in [-0.4, -0.2) is 41.4 Å². The van der Waals surface area contributed by atoms with Crippen LogP contribution in [0.25, 0.3) is 0 Å². The molecular formula is C21H26ClNO3S. The molecule has 0 radical (unpaired) electrons. The van der Waals surface area contributed by atoms with Gasteiger partial charge in [-0.1, -0.05) is 24.3 Å². The quantitative estimate of drug-likeness (QED) is 0.723. The van der Waals surface area contributed by atoms with Crippen molar-refractivity contribution >= 4 is 30.1 Å². The van der Waals surface area contributed by atoms with Crippen molar-refractivity contribution in [2.24, 2.45) is 0 Å². The van der Waals surface area contributed by atoms with Crippen LogP contribution in [-0.2, 0) is 4.79 Å². The van der Waals surface area contributed by atoms with E-state index >= 15 is 0 Å². The SMILES string of the molecule is Cc1cccc(Oc2ccc(C3CN(CCC(=O)O)CCS3)cc2)c1C.Cl. The molecule has 6 heteroatoms. The van der Waals surface area contributed by atoms with Crippen LogP contribution in [0.2, 0.25) is 0 Å². The van der Waals surface area contributed by atoms with Crippen LogP contribution < -0.4 is 4.74 Å². The van der Waals surface area contributed by atoms with Gasteiger partial charge in [0.05, 0.1) is 6.42 Å². The zero-order chi connectivity index (χ0) is 18.5. The minimum absolute atomic E-state index is 0. The summed E-state index contributed by atoms with van der Waals surface area (Å²) in [4.78, 5) is 13.0. The third kappa shape index (κ3) is 5.89. The standard InChI is InChI=1S/C21H25NO3S.ClH/c1-15-4-3-5-19(16(15)2)25-18-8-6-17(7-9-18)20-14-22(12-13-26-20)11-10-21(23)24;/h3-9,20H,10-14H2,1-2H3,(H,23,24);1H. The molecule has 0 saturated carbocycles. The number of carbonyl (C=O) groups is 1. The zero-order valence-electron chi connectivity index (χ0n) is 15.7. The fourth-order valence-corrected chi connectivity index (χ4v) is 4.39. The normalized spacial score (nSPS) is 17.2. The van der Waals surface area contributed by atoms with Crippen molar-refractivity contribution in [3.05, 3.63) is 59.2 Å². The van der Waals surface area contributed by atoms with Crippen LogP contribution in [0, 0.1) is 13.8 Å². The summed E-state index contributed by atoms with van der Waals surface area (Å²) >= 11 is 1.94. The van der Waals surface area contributed by atoms with Crippen molar-refractivity contribution in [3.63, 3.8) is 0 Å². The molecule has 3 rings (SSSR count). The number of nitrogens with zero attached hydrogens (tertiary/aromatic N) is 1. The number of carboxylic acids is 1. The molecule has 1 N–H and O–H groups in total. The molecule has 2 aromatic carbocycles. The lowest BCUT2D eigenvalue weighted by atomic mass is 10.1. The Morgan fingerprint density at radius 1 is 1.22 bits per heavy atom. The maximum Gasteiger partial charge on any atom is 0.304 e. The summed E-state index contributed by atoms with van der Waals surface area (Å²) in [5.41, 5.74) is 3.65. The number of rotatable bonds is 6. The van der Waals surface area contributed by atoms with Crippen LogP contribution in [0.15, 0.2) is 42.5 Å². The Hall–Kier alpha value is -1.69. The van der Waals surface area contributed by atoms with E-state index in [4.69, 9.17) is 9.84 Å². The highest BCUT2D eigenvalue weighted by Gasteiger charge is 2.22. The number of hydrogen-bond acceptors (Lipinski definition) is 4. The van der Waals surface area contributed by atoms with Crippen molar-refractivity contribution in [2.75, 3.05) is 25.4 Å². The molecule has 146 valence electrons. The number of aliphatic carboxylic acids is 1. The van der Waals surface area contributed by atoms with E-state index in [0.717, 1.165) is 35.9 Å². The number of aryl methyl sites for hydroxylation is 1. The molecule has 1 fully saturated rings. The van der Waals surface area contributed by atoms with Gasteiger partial charge in [-0.3, -0.25) is 4.79 Å². The van der Waals surface area contributed by atoms with E-state index in [1.807, 2.05) is 36.0 Å². The molecular weight excluding hydrogens is 382 g/mol. The van der Waals surface area contributed by atoms with E-state index in [-0.39, 0.29) is 18.8 Å². The Labute approximate surface area is 171 Å². The van der Waals surface area contributed by atoms with Crippen molar-refractivity contribution in [1.82, 2.24) is 4.90 Å². The predicted molar refractivity (Wildman–Crippen MR) is 114 cm³/mol. The first-order valence-corrected chi connectivity index (χ1v) is 9.97. The van der Waals surface area contributed by atoms with Crippen LogP contribution >= 0.6 is 24.2 Å². The molecule has 2 aromatic rings. The smallest absolute Gasteiger partial charge is 0.304 e. The van der Waals surface area contributed by atoms with Gasteiger partial charge in [-0.15, -0.1) is 12.4 Å². The second-order valence-corrected chi connectivity index (χ2v) is 7.98. The molecule has 1 aliphatic rings. The summed E-state index contributed by atoms with van der Waals surface area (Å²) in [7, 11) is 0. The minimum Gasteiger partial charge on any atom is -0.481 e. The van der Waals surface area contributed by atoms with Gasteiger partial charge in [0.1, 0.15) is 11.5 Å². The highest BCUT2D eigenvalue weighted by molar-refractivity contribution is 7.99. The largest absolute Gasteiger partial charge is 0.481 e. The first-order chi connectivity index (χ1) is 12.5. The van der Waals surface area contributed by atoms with Gasteiger partial charge in [-0.05, 0) is 48.7 Å². The molecule has 0 aromatic heterocycles. The highest BCUT2D eigenvalue weighted by Crippen LogP contribution is 2.35. The Kier molecular flexibility index (Phi) is 8.02. The van der Waals surface area contributed by atoms with Gasteiger partial charge in [-0.25, -0.2) is 0 Å². The summed E-state index contributed by atoms with van der Waals surface area (Å²) in [5.74, 6) is 2.04. The first kappa shape index (κ1) is 21.6. The molecule has 1 heterocycles. The Morgan fingerprint density at radius 2 is 1.96 bits per heavy atom. The Bertz CT molecular complexity index is 767. The number of thioether (sulfide) groups is 1. The lowest BCUT2D eigenvalue weighted by molar-refractivity contribution is -0.137. The molecule has 1 unspecified atom stereocenters. The summed E-state index contributed by atoms with van der Waals surface area (Å²) in [6.45, 7) is 6.64. The van der Waals surface area contributed by atoms with Crippen LogP contribution in [0.3, 0.4) is 0 Å². The topological polar surface area (TPSA) is 49.8 Å². The van der Waals surface area contributed by atoms with Crippen molar-refractivity contribution in [1.29, 1.82) is 0 Å². The summed E-state index contributed by atoms with van der Waals surface area (Å²) in [5, 5.41) is 9.25. The molecule has 0 amide bonds. The second kappa shape index (κ2) is 10.0. The molecule has 4 nitrogen and oxygen atoms in total. The lowest BCUT2D eigenvalue weighted by Crippen LogP contribution is -2.35. The van der Waals surface area contributed by atoms with Crippen molar-refractivity contribution in [2.45, 2.75) is 25.5 Å². The molecule has 0 bridgehead atoms. The van der Waals surface area contributed by atoms with Crippen molar-refractivity contribution < 1.29 is 14.6 Å². The van der Waals surface area contributed by atoms with Gasteiger partial charge in [-0.2, -0.15) is 11.8 Å². The second-order valence-electron chi connectivity index (χ2n) is 6.67. The fraction of sp³-hybridized carbons (Fsp3) is 0.381. The number of hydrogen-bond donors (Lipinski definition) is 1. The van der Waals surface area contributed by atoms with E-state index < -0.39 is 5.97 Å². The van der Waals surface area contributed by atoms with E-state index in [1.54, 1.807) is 0 Å². The first-order valence-electron chi connectivity index (χ1n) is 8.92.